The standard InChI is InChI=1S/C17H27F2N3OS.HI/c1-4-20-17(21-11-5-6-12-24-3)22(2)13-14-7-9-15(10-8-14)23-16(18)19;/h7-10,16H,4-6,11-13H2,1-3H3,(H,20,21);1H. The van der Waals surface area contributed by atoms with Crippen molar-refractivity contribution in [3.05, 3.63) is 29.8 Å². The molecular formula is C17H28F2IN3OS. The highest BCUT2D eigenvalue weighted by Gasteiger charge is 2.08. The number of hydrogen-bond acceptors (Lipinski definition) is 3. The molecule has 1 aromatic carbocycles. The lowest BCUT2D eigenvalue weighted by Crippen LogP contribution is -2.38. The van der Waals surface area contributed by atoms with Gasteiger partial charge in [-0.3, -0.25) is 4.99 Å². The fourth-order valence-corrected chi connectivity index (χ4v) is 2.63. The third-order valence-corrected chi connectivity index (χ3v) is 3.98. The molecule has 0 radical (unpaired) electrons. The van der Waals surface area contributed by atoms with Crippen molar-refractivity contribution in [2.45, 2.75) is 32.9 Å². The molecule has 1 rings (SSSR count). The van der Waals surface area contributed by atoms with Gasteiger partial charge in [-0.2, -0.15) is 20.5 Å². The Morgan fingerprint density at radius 3 is 2.52 bits per heavy atom. The van der Waals surface area contributed by atoms with Gasteiger partial charge in [0.25, 0.3) is 0 Å². The number of nitrogens with one attached hydrogen (secondary N) is 1. The molecule has 0 atom stereocenters. The van der Waals surface area contributed by atoms with Crippen molar-refractivity contribution >= 4 is 41.7 Å². The SMILES string of the molecule is CCNC(=NCCCCSC)N(C)Cc1ccc(OC(F)F)cc1.I. The molecule has 1 N–H and O–H groups in total. The summed E-state index contributed by atoms with van der Waals surface area (Å²) in [6.07, 6.45) is 4.35. The molecule has 144 valence electrons. The van der Waals surface area contributed by atoms with Gasteiger partial charge in [0.2, 0.25) is 0 Å². The second-order valence-corrected chi connectivity index (χ2v) is 6.30. The maximum Gasteiger partial charge on any atom is 0.387 e. The van der Waals surface area contributed by atoms with E-state index in [2.05, 4.69) is 21.3 Å². The van der Waals surface area contributed by atoms with E-state index in [0.717, 1.165) is 36.8 Å². The van der Waals surface area contributed by atoms with E-state index in [-0.39, 0.29) is 29.7 Å². The first kappa shape index (κ1) is 24.2. The molecule has 25 heavy (non-hydrogen) atoms. The lowest BCUT2D eigenvalue weighted by atomic mass is 10.2. The van der Waals surface area contributed by atoms with E-state index >= 15 is 0 Å². The fourth-order valence-electron chi connectivity index (χ4n) is 2.14. The summed E-state index contributed by atoms with van der Waals surface area (Å²) >= 11 is 1.85. The second-order valence-electron chi connectivity index (χ2n) is 5.31. The van der Waals surface area contributed by atoms with Crippen molar-refractivity contribution in [3.63, 3.8) is 0 Å². The van der Waals surface area contributed by atoms with Crippen molar-refractivity contribution in [1.82, 2.24) is 10.2 Å². The number of halogens is 3. The molecule has 0 aliphatic rings. The number of unbranched alkanes of at least 4 members (excludes halogenated alkanes) is 1. The Hall–Kier alpha value is -0.770. The van der Waals surface area contributed by atoms with E-state index in [9.17, 15) is 8.78 Å². The summed E-state index contributed by atoms with van der Waals surface area (Å²) in [5.41, 5.74) is 1.01. The van der Waals surface area contributed by atoms with Gasteiger partial charge < -0.3 is 15.0 Å². The van der Waals surface area contributed by atoms with Crippen LogP contribution in [-0.2, 0) is 6.54 Å². The van der Waals surface area contributed by atoms with Crippen LogP contribution in [0.1, 0.15) is 25.3 Å². The van der Waals surface area contributed by atoms with Gasteiger partial charge in [-0.1, -0.05) is 12.1 Å². The number of nitrogens with zero attached hydrogens (tertiary/aromatic N) is 2. The summed E-state index contributed by atoms with van der Waals surface area (Å²) in [7, 11) is 1.97. The normalized spacial score (nSPS) is 11.2. The topological polar surface area (TPSA) is 36.9 Å². The van der Waals surface area contributed by atoms with Gasteiger partial charge in [0, 0.05) is 26.7 Å². The predicted molar refractivity (Wildman–Crippen MR) is 114 cm³/mol. The Bertz CT molecular complexity index is 489. The summed E-state index contributed by atoms with van der Waals surface area (Å²) in [4.78, 5) is 6.67. The Balaban J connectivity index is 0.00000576. The van der Waals surface area contributed by atoms with Gasteiger partial charge in [0.05, 0.1) is 0 Å². The molecule has 0 unspecified atom stereocenters. The Morgan fingerprint density at radius 1 is 1.28 bits per heavy atom. The van der Waals surface area contributed by atoms with E-state index < -0.39 is 6.61 Å². The number of hydrogen-bond donors (Lipinski definition) is 1. The van der Waals surface area contributed by atoms with Crippen LogP contribution >= 0.6 is 35.7 Å². The minimum atomic E-state index is -2.79. The highest BCUT2D eigenvalue weighted by molar-refractivity contribution is 14.0. The molecule has 0 saturated carbocycles. The molecule has 0 spiro atoms. The minimum absolute atomic E-state index is 0. The number of benzene rings is 1. The number of guanidine groups is 1. The lowest BCUT2D eigenvalue weighted by Gasteiger charge is -2.22. The van der Waals surface area contributed by atoms with Crippen molar-refractivity contribution in [2.75, 3.05) is 32.1 Å². The zero-order valence-electron chi connectivity index (χ0n) is 15.0. The smallest absolute Gasteiger partial charge is 0.387 e. The van der Waals surface area contributed by atoms with Gasteiger partial charge in [0.1, 0.15) is 5.75 Å². The molecule has 0 aliphatic carbocycles. The highest BCUT2D eigenvalue weighted by atomic mass is 127. The molecule has 4 nitrogen and oxygen atoms in total. The maximum atomic E-state index is 12.2. The summed E-state index contributed by atoms with van der Waals surface area (Å²) in [5, 5.41) is 3.28. The zero-order chi connectivity index (χ0) is 17.8. The van der Waals surface area contributed by atoms with Gasteiger partial charge in [-0.15, -0.1) is 24.0 Å². The van der Waals surface area contributed by atoms with Crippen LogP contribution in [0.4, 0.5) is 8.78 Å². The van der Waals surface area contributed by atoms with Gasteiger partial charge in [0.15, 0.2) is 5.96 Å². The van der Waals surface area contributed by atoms with Gasteiger partial charge >= 0.3 is 6.61 Å². The Morgan fingerprint density at radius 2 is 1.96 bits per heavy atom. The molecule has 0 aliphatic heterocycles. The molecule has 8 heteroatoms. The summed E-state index contributed by atoms with van der Waals surface area (Å²) < 4.78 is 28.7. The van der Waals surface area contributed by atoms with Crippen molar-refractivity contribution in [1.29, 1.82) is 0 Å². The predicted octanol–water partition coefficient (Wildman–Crippen LogP) is 4.45. The van der Waals surface area contributed by atoms with Crippen LogP contribution in [0.15, 0.2) is 29.3 Å². The van der Waals surface area contributed by atoms with E-state index in [0.29, 0.717) is 6.54 Å². The summed E-state index contributed by atoms with van der Waals surface area (Å²) in [5.74, 6) is 2.19. The van der Waals surface area contributed by atoms with Crippen LogP contribution in [-0.4, -0.2) is 49.6 Å². The van der Waals surface area contributed by atoms with Crippen LogP contribution in [0.5, 0.6) is 5.75 Å². The summed E-state index contributed by atoms with van der Waals surface area (Å²) in [6.45, 7) is 1.49. The number of rotatable bonds is 10. The fraction of sp³-hybridized carbons (Fsp3) is 0.588. The molecule has 0 bridgehead atoms. The molecule has 0 heterocycles. The Kier molecular flexibility index (Phi) is 14.0. The van der Waals surface area contributed by atoms with Crippen LogP contribution in [0.3, 0.4) is 0 Å². The molecule has 0 fully saturated rings. The molecule has 0 amide bonds. The van der Waals surface area contributed by atoms with E-state index in [1.54, 1.807) is 24.3 Å². The lowest BCUT2D eigenvalue weighted by molar-refractivity contribution is -0.0498. The van der Waals surface area contributed by atoms with E-state index in [4.69, 9.17) is 0 Å². The third-order valence-electron chi connectivity index (χ3n) is 3.28. The van der Waals surface area contributed by atoms with Crippen LogP contribution < -0.4 is 10.1 Å². The van der Waals surface area contributed by atoms with Crippen LogP contribution in [0.25, 0.3) is 0 Å². The molecule has 0 aromatic heterocycles. The van der Waals surface area contributed by atoms with Crippen molar-refractivity contribution in [2.24, 2.45) is 4.99 Å². The van der Waals surface area contributed by atoms with Crippen LogP contribution in [0, 0.1) is 0 Å². The van der Waals surface area contributed by atoms with Gasteiger partial charge in [-0.25, -0.2) is 0 Å². The first-order chi connectivity index (χ1) is 11.6. The minimum Gasteiger partial charge on any atom is -0.435 e. The third kappa shape index (κ3) is 10.7. The summed E-state index contributed by atoms with van der Waals surface area (Å²) in [6, 6.07) is 6.69. The van der Waals surface area contributed by atoms with Gasteiger partial charge in [-0.05, 0) is 49.5 Å². The Labute approximate surface area is 170 Å². The van der Waals surface area contributed by atoms with E-state index in [1.165, 1.54) is 6.42 Å². The van der Waals surface area contributed by atoms with Crippen molar-refractivity contribution < 1.29 is 13.5 Å². The second kappa shape index (κ2) is 14.4. The number of thioether (sulfide) groups is 1. The first-order valence-corrected chi connectivity index (χ1v) is 9.48. The zero-order valence-corrected chi connectivity index (χ0v) is 18.2. The highest BCUT2D eigenvalue weighted by Crippen LogP contribution is 2.15. The first-order valence-electron chi connectivity index (χ1n) is 8.09. The average molecular weight is 487 g/mol. The molecule has 0 saturated heterocycles. The average Bonchev–Trinajstić information content (AvgIpc) is 2.55. The van der Waals surface area contributed by atoms with Crippen molar-refractivity contribution in [3.8, 4) is 5.75 Å². The van der Waals surface area contributed by atoms with Crippen LogP contribution in [0.2, 0.25) is 0 Å². The monoisotopic (exact) mass is 487 g/mol. The largest absolute Gasteiger partial charge is 0.435 e. The molecule has 1 aromatic rings. The maximum absolute atomic E-state index is 12.2. The number of aliphatic imine (C=N–C) groups is 1. The van der Waals surface area contributed by atoms with E-state index in [1.807, 2.05) is 30.6 Å². The quantitative estimate of drug-likeness (QED) is 0.229. The number of ether oxygens (including phenoxy) is 1. The molecular weight excluding hydrogens is 459 g/mol. The number of alkyl halides is 2.